The highest BCUT2D eigenvalue weighted by atomic mass is 19.1. The van der Waals surface area contributed by atoms with Crippen molar-refractivity contribution in [3.8, 4) is 17.1 Å². The van der Waals surface area contributed by atoms with E-state index in [0.29, 0.717) is 28.3 Å². The van der Waals surface area contributed by atoms with Gasteiger partial charge in [0.25, 0.3) is 5.91 Å². The zero-order chi connectivity index (χ0) is 14.5. The van der Waals surface area contributed by atoms with Gasteiger partial charge in [-0.15, -0.1) is 0 Å². The van der Waals surface area contributed by atoms with E-state index >= 15 is 0 Å². The highest BCUT2D eigenvalue weighted by molar-refractivity contribution is 6.00. The normalized spacial score (nSPS) is 10.3. The molecule has 20 heavy (non-hydrogen) atoms. The summed E-state index contributed by atoms with van der Waals surface area (Å²) in [6.07, 6.45) is 0. The minimum Gasteiger partial charge on any atom is -0.497 e. The third-order valence-corrected chi connectivity index (χ3v) is 2.82. The minimum absolute atomic E-state index is 0.0362. The molecule has 5 nitrogen and oxygen atoms in total. The number of aryl methyl sites for hydroxylation is 1. The van der Waals surface area contributed by atoms with Crippen LogP contribution < -0.4 is 10.1 Å². The van der Waals surface area contributed by atoms with E-state index in [1.165, 1.54) is 0 Å². The van der Waals surface area contributed by atoms with Crippen LogP contribution in [0.2, 0.25) is 0 Å². The van der Waals surface area contributed by atoms with Crippen LogP contribution in [-0.2, 0) is 0 Å². The Hall–Kier alpha value is -2.37. The maximum atomic E-state index is 12.1. The summed E-state index contributed by atoms with van der Waals surface area (Å²) in [4.78, 5) is 12.0. The Morgan fingerprint density at radius 1 is 1.40 bits per heavy atom. The second-order valence-corrected chi connectivity index (χ2v) is 4.15. The van der Waals surface area contributed by atoms with E-state index in [9.17, 15) is 9.18 Å². The predicted molar refractivity (Wildman–Crippen MR) is 71.5 cm³/mol. The average molecular weight is 278 g/mol. The van der Waals surface area contributed by atoms with Crippen LogP contribution in [0.15, 0.2) is 28.8 Å². The summed E-state index contributed by atoms with van der Waals surface area (Å²) in [6, 6.07) is 7.06. The molecule has 6 heteroatoms. The van der Waals surface area contributed by atoms with Crippen LogP contribution >= 0.6 is 0 Å². The molecule has 0 aliphatic rings. The number of nitrogens with one attached hydrogen (secondary N) is 1. The fourth-order valence-corrected chi connectivity index (χ4v) is 1.83. The van der Waals surface area contributed by atoms with E-state index in [2.05, 4.69) is 10.5 Å². The van der Waals surface area contributed by atoms with Gasteiger partial charge in [-0.25, -0.2) is 4.39 Å². The molecule has 0 radical (unpaired) electrons. The van der Waals surface area contributed by atoms with Gasteiger partial charge in [0.2, 0.25) is 0 Å². The summed E-state index contributed by atoms with van der Waals surface area (Å²) in [6.45, 7) is 1.01. The van der Waals surface area contributed by atoms with Gasteiger partial charge in [-0.3, -0.25) is 4.79 Å². The number of amides is 1. The highest BCUT2D eigenvalue weighted by Gasteiger charge is 2.21. The van der Waals surface area contributed by atoms with E-state index in [0.717, 1.165) is 0 Å². The van der Waals surface area contributed by atoms with Crippen molar-refractivity contribution >= 4 is 5.91 Å². The smallest absolute Gasteiger partial charge is 0.257 e. The number of halogens is 1. The predicted octanol–water partition coefficient (Wildman–Crippen LogP) is 2.36. The lowest BCUT2D eigenvalue weighted by Gasteiger charge is -2.04. The first-order chi connectivity index (χ1) is 9.67. The number of ether oxygens (including phenoxy) is 1. The molecular weight excluding hydrogens is 263 g/mol. The molecule has 1 aromatic heterocycles. The number of alkyl halides is 1. The summed E-state index contributed by atoms with van der Waals surface area (Å²) in [5, 5.41) is 6.27. The molecule has 106 valence electrons. The molecule has 0 unspecified atom stereocenters. The fraction of sp³-hybridized carbons (Fsp3) is 0.286. The van der Waals surface area contributed by atoms with Crippen molar-refractivity contribution in [3.05, 3.63) is 35.5 Å². The van der Waals surface area contributed by atoms with Crippen LogP contribution in [0, 0.1) is 6.92 Å². The first kappa shape index (κ1) is 14.0. The van der Waals surface area contributed by atoms with Crippen molar-refractivity contribution in [1.29, 1.82) is 0 Å². The van der Waals surface area contributed by atoms with Crippen LogP contribution in [0.25, 0.3) is 11.3 Å². The van der Waals surface area contributed by atoms with Crippen molar-refractivity contribution in [3.63, 3.8) is 0 Å². The second-order valence-electron chi connectivity index (χ2n) is 4.15. The van der Waals surface area contributed by atoms with Gasteiger partial charge >= 0.3 is 0 Å². The SMILES string of the molecule is COc1ccc(-c2onc(C)c2C(=O)NCCF)cc1. The summed E-state index contributed by atoms with van der Waals surface area (Å²) in [5.74, 6) is 0.669. The second kappa shape index (κ2) is 6.18. The number of hydrogen-bond donors (Lipinski definition) is 1. The van der Waals surface area contributed by atoms with Gasteiger partial charge in [-0.2, -0.15) is 0 Å². The molecule has 1 N–H and O–H groups in total. The van der Waals surface area contributed by atoms with E-state index in [1.54, 1.807) is 38.3 Å². The number of methoxy groups -OCH3 is 1. The Bertz CT molecular complexity index is 593. The van der Waals surface area contributed by atoms with Crippen molar-refractivity contribution in [2.75, 3.05) is 20.3 Å². The lowest BCUT2D eigenvalue weighted by Crippen LogP contribution is -2.26. The van der Waals surface area contributed by atoms with E-state index in [1.807, 2.05) is 0 Å². The number of nitrogens with zero attached hydrogens (tertiary/aromatic N) is 1. The Morgan fingerprint density at radius 3 is 2.70 bits per heavy atom. The molecule has 0 saturated heterocycles. The maximum Gasteiger partial charge on any atom is 0.257 e. The van der Waals surface area contributed by atoms with Crippen LogP contribution in [0.4, 0.5) is 4.39 Å². The summed E-state index contributed by atoms with van der Waals surface area (Å²) in [7, 11) is 1.57. The van der Waals surface area contributed by atoms with Crippen LogP contribution in [0.1, 0.15) is 16.1 Å². The van der Waals surface area contributed by atoms with Crippen LogP contribution in [0.3, 0.4) is 0 Å². The summed E-state index contributed by atoms with van der Waals surface area (Å²) < 4.78 is 22.4. The van der Waals surface area contributed by atoms with Gasteiger partial charge in [0.05, 0.1) is 12.8 Å². The third-order valence-electron chi connectivity index (χ3n) is 2.82. The van der Waals surface area contributed by atoms with E-state index < -0.39 is 12.6 Å². The Balaban J connectivity index is 2.34. The van der Waals surface area contributed by atoms with E-state index in [-0.39, 0.29) is 6.54 Å². The summed E-state index contributed by atoms with van der Waals surface area (Å²) in [5.41, 5.74) is 1.49. The molecule has 0 bridgehead atoms. The average Bonchev–Trinajstić information content (AvgIpc) is 2.86. The first-order valence-corrected chi connectivity index (χ1v) is 6.12. The molecule has 0 spiro atoms. The lowest BCUT2D eigenvalue weighted by atomic mass is 10.1. The van der Waals surface area contributed by atoms with Crippen LogP contribution in [0.5, 0.6) is 5.75 Å². The number of aromatic nitrogens is 1. The standard InChI is InChI=1S/C14H15FN2O3/c1-9-12(14(18)16-8-7-15)13(20-17-9)10-3-5-11(19-2)6-4-10/h3-6H,7-8H2,1-2H3,(H,16,18). The Morgan fingerprint density at radius 2 is 2.10 bits per heavy atom. The number of benzene rings is 1. The molecule has 0 fully saturated rings. The Kier molecular flexibility index (Phi) is 4.34. The zero-order valence-corrected chi connectivity index (χ0v) is 11.3. The van der Waals surface area contributed by atoms with Crippen molar-refractivity contribution in [2.45, 2.75) is 6.92 Å². The van der Waals surface area contributed by atoms with Gasteiger partial charge in [0.1, 0.15) is 18.0 Å². The summed E-state index contributed by atoms with van der Waals surface area (Å²) >= 11 is 0. The number of carbonyl (C=O) groups excluding carboxylic acids is 1. The van der Waals surface area contributed by atoms with Crippen molar-refractivity contribution < 1.29 is 18.4 Å². The lowest BCUT2D eigenvalue weighted by molar-refractivity contribution is 0.0950. The monoisotopic (exact) mass is 278 g/mol. The van der Waals surface area contributed by atoms with Gasteiger partial charge in [-0.1, -0.05) is 5.16 Å². The van der Waals surface area contributed by atoms with Gasteiger partial charge < -0.3 is 14.6 Å². The molecule has 2 aromatic rings. The molecule has 0 aliphatic heterocycles. The number of rotatable bonds is 5. The quantitative estimate of drug-likeness (QED) is 0.911. The molecule has 0 aliphatic carbocycles. The van der Waals surface area contributed by atoms with Gasteiger partial charge in [0, 0.05) is 12.1 Å². The fourth-order valence-electron chi connectivity index (χ4n) is 1.83. The topological polar surface area (TPSA) is 64.4 Å². The van der Waals surface area contributed by atoms with E-state index in [4.69, 9.17) is 9.26 Å². The van der Waals surface area contributed by atoms with Crippen LogP contribution in [-0.4, -0.2) is 31.4 Å². The van der Waals surface area contributed by atoms with Crippen molar-refractivity contribution in [1.82, 2.24) is 10.5 Å². The molecule has 2 rings (SSSR count). The van der Waals surface area contributed by atoms with Crippen molar-refractivity contribution in [2.24, 2.45) is 0 Å². The third kappa shape index (κ3) is 2.79. The molecule has 1 heterocycles. The number of hydrogen-bond acceptors (Lipinski definition) is 4. The minimum atomic E-state index is -0.617. The molecule has 0 saturated carbocycles. The zero-order valence-electron chi connectivity index (χ0n) is 11.3. The molecule has 0 atom stereocenters. The number of carbonyl (C=O) groups is 1. The molecular formula is C14H15FN2O3. The maximum absolute atomic E-state index is 12.1. The highest BCUT2D eigenvalue weighted by Crippen LogP contribution is 2.27. The largest absolute Gasteiger partial charge is 0.497 e. The molecule has 1 aromatic carbocycles. The molecule has 1 amide bonds. The van der Waals surface area contributed by atoms with Gasteiger partial charge in [-0.05, 0) is 31.2 Å². The van der Waals surface area contributed by atoms with Gasteiger partial charge in [0.15, 0.2) is 5.76 Å². The first-order valence-electron chi connectivity index (χ1n) is 6.12. The Labute approximate surface area is 115 Å².